The van der Waals surface area contributed by atoms with Crippen molar-refractivity contribution in [2.75, 3.05) is 26.8 Å². The van der Waals surface area contributed by atoms with Gasteiger partial charge in [-0.3, -0.25) is 0 Å². The second kappa shape index (κ2) is 5.79. The largest absolute Gasteiger partial charge is 0.383 e. The van der Waals surface area contributed by atoms with E-state index in [1.807, 2.05) is 0 Å². The quantitative estimate of drug-likeness (QED) is 0.687. The van der Waals surface area contributed by atoms with Gasteiger partial charge in [-0.05, 0) is 26.3 Å². The molecule has 2 N–H and O–H groups in total. The van der Waals surface area contributed by atoms with Crippen LogP contribution in [0, 0.1) is 0 Å². The first-order valence-corrected chi connectivity index (χ1v) is 6.81. The van der Waals surface area contributed by atoms with Gasteiger partial charge >= 0.3 is 0 Å². The van der Waals surface area contributed by atoms with Gasteiger partial charge in [0.15, 0.2) is 0 Å². The molecule has 1 aliphatic rings. The molecule has 0 radical (unpaired) electrons. The van der Waals surface area contributed by atoms with Gasteiger partial charge < -0.3 is 10.1 Å². The van der Waals surface area contributed by atoms with Gasteiger partial charge in [-0.25, -0.2) is 13.1 Å². The molecular formula is C9H20N2O3S. The van der Waals surface area contributed by atoms with Gasteiger partial charge in [0.2, 0.25) is 10.0 Å². The monoisotopic (exact) mass is 236 g/mol. The Bertz CT molecular complexity index is 273. The van der Waals surface area contributed by atoms with Crippen LogP contribution in [-0.2, 0) is 14.8 Å². The Kier molecular flexibility index (Phi) is 4.98. The van der Waals surface area contributed by atoms with Crippen molar-refractivity contribution in [3.8, 4) is 0 Å². The number of ether oxygens (including phenoxy) is 1. The highest BCUT2D eigenvalue weighted by Gasteiger charge is 2.25. The van der Waals surface area contributed by atoms with Gasteiger partial charge in [-0.1, -0.05) is 0 Å². The number of hydrogen-bond acceptors (Lipinski definition) is 4. The predicted octanol–water partition coefficient (Wildman–Crippen LogP) is -0.307. The highest BCUT2D eigenvalue weighted by molar-refractivity contribution is 7.90. The average molecular weight is 236 g/mol. The van der Waals surface area contributed by atoms with Crippen LogP contribution in [0.2, 0.25) is 0 Å². The third-order valence-electron chi connectivity index (χ3n) is 2.56. The van der Waals surface area contributed by atoms with E-state index in [-0.39, 0.29) is 12.6 Å². The van der Waals surface area contributed by atoms with Crippen molar-refractivity contribution in [2.24, 2.45) is 0 Å². The van der Waals surface area contributed by atoms with E-state index < -0.39 is 15.3 Å². The Hall–Kier alpha value is -0.170. The van der Waals surface area contributed by atoms with Crippen molar-refractivity contribution in [1.82, 2.24) is 10.0 Å². The maximum Gasteiger partial charge on any atom is 0.216 e. The normalized spacial score (nSPS) is 25.1. The van der Waals surface area contributed by atoms with Crippen molar-refractivity contribution >= 4 is 10.0 Å². The van der Waals surface area contributed by atoms with Crippen LogP contribution in [0.25, 0.3) is 0 Å². The van der Waals surface area contributed by atoms with E-state index in [4.69, 9.17) is 4.74 Å². The van der Waals surface area contributed by atoms with Gasteiger partial charge in [-0.2, -0.15) is 0 Å². The predicted molar refractivity (Wildman–Crippen MR) is 59.3 cm³/mol. The summed E-state index contributed by atoms with van der Waals surface area (Å²) in [4.78, 5) is 0. The first kappa shape index (κ1) is 12.9. The summed E-state index contributed by atoms with van der Waals surface area (Å²) in [6, 6.07) is 0.0306. The number of hydrogen-bond donors (Lipinski definition) is 2. The van der Waals surface area contributed by atoms with Crippen molar-refractivity contribution in [3.05, 3.63) is 0 Å². The minimum atomic E-state index is -3.24. The van der Waals surface area contributed by atoms with E-state index in [9.17, 15) is 8.42 Å². The van der Waals surface area contributed by atoms with Crippen molar-refractivity contribution in [2.45, 2.75) is 31.1 Å². The molecule has 1 saturated heterocycles. The van der Waals surface area contributed by atoms with Crippen LogP contribution < -0.4 is 10.0 Å². The fraction of sp³-hybridized carbons (Fsp3) is 1.00. The van der Waals surface area contributed by atoms with E-state index in [0.29, 0.717) is 0 Å². The SMILES string of the molecule is COCC(C)S(=O)(=O)N[C@@H]1CCCNC1. The number of methoxy groups -OCH3 is 1. The third-order valence-corrected chi connectivity index (χ3v) is 4.42. The van der Waals surface area contributed by atoms with Crippen LogP contribution in [-0.4, -0.2) is 46.5 Å². The van der Waals surface area contributed by atoms with Crippen LogP contribution in [0.3, 0.4) is 0 Å². The van der Waals surface area contributed by atoms with E-state index in [1.165, 1.54) is 7.11 Å². The minimum Gasteiger partial charge on any atom is -0.383 e. The van der Waals surface area contributed by atoms with E-state index in [0.717, 1.165) is 25.9 Å². The molecule has 0 spiro atoms. The van der Waals surface area contributed by atoms with Gasteiger partial charge in [0, 0.05) is 19.7 Å². The summed E-state index contributed by atoms with van der Waals surface area (Å²) in [5.41, 5.74) is 0. The molecule has 15 heavy (non-hydrogen) atoms. The van der Waals surface area contributed by atoms with Crippen LogP contribution >= 0.6 is 0 Å². The van der Waals surface area contributed by atoms with Crippen molar-refractivity contribution in [1.29, 1.82) is 0 Å². The lowest BCUT2D eigenvalue weighted by molar-refractivity contribution is 0.200. The fourth-order valence-electron chi connectivity index (χ4n) is 1.63. The topological polar surface area (TPSA) is 67.4 Å². The molecule has 0 saturated carbocycles. The van der Waals surface area contributed by atoms with Crippen molar-refractivity contribution < 1.29 is 13.2 Å². The molecule has 0 amide bonds. The highest BCUT2D eigenvalue weighted by Crippen LogP contribution is 2.06. The molecule has 1 unspecified atom stereocenters. The Morgan fingerprint density at radius 3 is 2.87 bits per heavy atom. The molecular weight excluding hydrogens is 216 g/mol. The van der Waals surface area contributed by atoms with Crippen LogP contribution in [0.1, 0.15) is 19.8 Å². The molecule has 1 heterocycles. The number of rotatable bonds is 5. The molecule has 0 bridgehead atoms. The zero-order chi connectivity index (χ0) is 11.3. The second-order valence-corrected chi connectivity index (χ2v) is 6.10. The van der Waals surface area contributed by atoms with E-state index >= 15 is 0 Å². The maximum absolute atomic E-state index is 11.8. The summed E-state index contributed by atoms with van der Waals surface area (Å²) < 4.78 is 31.1. The van der Waals surface area contributed by atoms with Crippen LogP contribution in [0.15, 0.2) is 0 Å². The van der Waals surface area contributed by atoms with E-state index in [2.05, 4.69) is 10.0 Å². The summed E-state index contributed by atoms with van der Waals surface area (Å²) in [5, 5.41) is 2.67. The molecule has 5 nitrogen and oxygen atoms in total. The Morgan fingerprint density at radius 2 is 2.33 bits per heavy atom. The number of sulfonamides is 1. The third kappa shape index (κ3) is 4.06. The molecule has 90 valence electrons. The van der Waals surface area contributed by atoms with Crippen LogP contribution in [0.4, 0.5) is 0 Å². The molecule has 0 aromatic carbocycles. The molecule has 1 rings (SSSR count). The van der Waals surface area contributed by atoms with Gasteiger partial charge in [-0.15, -0.1) is 0 Å². The summed E-state index contributed by atoms with van der Waals surface area (Å²) >= 11 is 0. The first-order valence-electron chi connectivity index (χ1n) is 5.27. The van der Waals surface area contributed by atoms with Crippen molar-refractivity contribution in [3.63, 3.8) is 0 Å². The second-order valence-electron chi connectivity index (χ2n) is 3.97. The minimum absolute atomic E-state index is 0.0306. The Balaban J connectivity index is 2.47. The molecule has 0 aliphatic carbocycles. The highest BCUT2D eigenvalue weighted by atomic mass is 32.2. The van der Waals surface area contributed by atoms with Gasteiger partial charge in [0.1, 0.15) is 0 Å². The van der Waals surface area contributed by atoms with Crippen LogP contribution in [0.5, 0.6) is 0 Å². The molecule has 0 aromatic rings. The molecule has 2 atom stereocenters. The average Bonchev–Trinajstić information content (AvgIpc) is 2.19. The summed E-state index contributed by atoms with van der Waals surface area (Å²) in [6.07, 6.45) is 1.93. The van der Waals surface area contributed by atoms with Gasteiger partial charge in [0.25, 0.3) is 0 Å². The summed E-state index contributed by atoms with van der Waals surface area (Å²) in [6.45, 7) is 3.59. The Morgan fingerprint density at radius 1 is 1.60 bits per heavy atom. The molecule has 6 heteroatoms. The molecule has 1 aliphatic heterocycles. The van der Waals surface area contributed by atoms with Gasteiger partial charge in [0.05, 0.1) is 11.9 Å². The molecule has 0 aromatic heterocycles. The first-order chi connectivity index (χ1) is 7.06. The molecule has 1 fully saturated rings. The lowest BCUT2D eigenvalue weighted by atomic mass is 10.1. The smallest absolute Gasteiger partial charge is 0.216 e. The number of nitrogens with one attached hydrogen (secondary N) is 2. The maximum atomic E-state index is 11.8. The summed E-state index contributed by atoms with van der Waals surface area (Å²) in [5.74, 6) is 0. The standard InChI is InChI=1S/C9H20N2O3S/c1-8(7-14-2)15(12,13)11-9-4-3-5-10-6-9/h8-11H,3-7H2,1-2H3/t8?,9-/m1/s1. The fourth-order valence-corrected chi connectivity index (χ4v) is 2.84. The zero-order valence-corrected chi connectivity index (χ0v) is 10.1. The zero-order valence-electron chi connectivity index (χ0n) is 9.32. The van der Waals surface area contributed by atoms with E-state index in [1.54, 1.807) is 6.92 Å². The Labute approximate surface area is 91.6 Å². The lowest BCUT2D eigenvalue weighted by Gasteiger charge is -2.25. The number of piperidine rings is 1. The summed E-state index contributed by atoms with van der Waals surface area (Å²) in [7, 11) is -1.73. The lowest BCUT2D eigenvalue weighted by Crippen LogP contribution is -2.48.